The molecule has 0 saturated carbocycles. The Balaban J connectivity index is 1.80. The molecule has 0 radical (unpaired) electrons. The normalized spacial score (nSPS) is 10.8. The summed E-state index contributed by atoms with van der Waals surface area (Å²) < 4.78 is 15.7. The Hall–Kier alpha value is -2.70. The number of ether oxygens (including phenoxy) is 1. The van der Waals surface area contributed by atoms with Crippen LogP contribution in [0.3, 0.4) is 0 Å². The zero-order valence-electron chi connectivity index (χ0n) is 12.4. The van der Waals surface area contributed by atoms with Gasteiger partial charge >= 0.3 is 0 Å². The van der Waals surface area contributed by atoms with E-state index in [0.29, 0.717) is 29.9 Å². The summed E-state index contributed by atoms with van der Waals surface area (Å²) in [5, 5.41) is 7.89. The van der Waals surface area contributed by atoms with Crippen LogP contribution >= 0.6 is 0 Å². The van der Waals surface area contributed by atoms with Gasteiger partial charge in [0, 0.05) is 30.3 Å². The summed E-state index contributed by atoms with van der Waals surface area (Å²) in [6.07, 6.45) is 3.46. The van der Waals surface area contributed by atoms with Crippen molar-refractivity contribution in [3.8, 4) is 28.9 Å². The van der Waals surface area contributed by atoms with E-state index >= 15 is 0 Å². The lowest BCUT2D eigenvalue weighted by molar-refractivity contribution is 0.327. The summed E-state index contributed by atoms with van der Waals surface area (Å²) in [6.45, 7) is 4.56. The van der Waals surface area contributed by atoms with Crippen LogP contribution < -0.4 is 4.74 Å². The summed E-state index contributed by atoms with van der Waals surface area (Å²) >= 11 is 0. The molecule has 0 saturated heterocycles. The summed E-state index contributed by atoms with van der Waals surface area (Å²) in [5.41, 5.74) is 1.29. The first-order valence-corrected chi connectivity index (χ1v) is 7.19. The van der Waals surface area contributed by atoms with Gasteiger partial charge in [-0.2, -0.15) is 4.98 Å². The third-order valence-electron chi connectivity index (χ3n) is 2.99. The van der Waals surface area contributed by atoms with Gasteiger partial charge in [0.05, 0.1) is 6.61 Å². The van der Waals surface area contributed by atoms with E-state index in [1.807, 2.05) is 19.1 Å². The van der Waals surface area contributed by atoms with E-state index in [1.165, 1.54) is 0 Å². The van der Waals surface area contributed by atoms with Crippen LogP contribution in [0.4, 0.5) is 0 Å². The monoisotopic (exact) mass is 300 g/mol. The molecule has 0 aliphatic rings. The molecule has 0 aliphatic heterocycles. The zero-order valence-corrected chi connectivity index (χ0v) is 12.4. The van der Waals surface area contributed by atoms with Crippen molar-refractivity contribution < 1.29 is 13.8 Å². The maximum atomic E-state index is 5.30. The molecule has 3 rings (SSSR count). The van der Waals surface area contributed by atoms with Gasteiger partial charge in [-0.25, -0.2) is 4.98 Å². The molecular weight excluding hydrogens is 284 g/mol. The summed E-state index contributed by atoms with van der Waals surface area (Å²) in [7, 11) is 0. The highest BCUT2D eigenvalue weighted by Gasteiger charge is 2.15. The molecule has 0 N–H and O–H groups in total. The smallest absolute Gasteiger partial charge is 0.280 e. The molecule has 114 valence electrons. The first-order chi connectivity index (χ1) is 10.8. The van der Waals surface area contributed by atoms with Gasteiger partial charge in [-0.05, 0) is 19.4 Å². The van der Waals surface area contributed by atoms with Crippen molar-refractivity contribution in [2.45, 2.75) is 26.7 Å². The lowest BCUT2D eigenvalue weighted by atomic mass is 10.2. The van der Waals surface area contributed by atoms with E-state index in [2.05, 4.69) is 27.2 Å². The second-order valence-electron chi connectivity index (χ2n) is 4.67. The van der Waals surface area contributed by atoms with Crippen LogP contribution in [-0.2, 0) is 6.42 Å². The van der Waals surface area contributed by atoms with Crippen molar-refractivity contribution in [3.63, 3.8) is 0 Å². The molecular formula is C15H16N4O3. The SMILES string of the molecule is CCCc1cc(-c2nc(-c3ccc(OCC)nc3)no2)no1. The van der Waals surface area contributed by atoms with Gasteiger partial charge in [0.1, 0.15) is 5.76 Å². The highest BCUT2D eigenvalue weighted by Crippen LogP contribution is 2.22. The van der Waals surface area contributed by atoms with E-state index in [9.17, 15) is 0 Å². The Kier molecular flexibility index (Phi) is 4.13. The standard InChI is InChI=1S/C15H16N4O3/c1-3-5-11-8-12(18-21-11)15-17-14(19-22-15)10-6-7-13(16-9-10)20-4-2/h6-9H,3-5H2,1-2H3. The Morgan fingerprint density at radius 1 is 1.14 bits per heavy atom. The van der Waals surface area contributed by atoms with E-state index in [0.717, 1.165) is 24.2 Å². The molecule has 0 aromatic carbocycles. The summed E-state index contributed by atoms with van der Waals surface area (Å²) in [6, 6.07) is 5.42. The number of pyridine rings is 1. The molecule has 7 heteroatoms. The van der Waals surface area contributed by atoms with Crippen molar-refractivity contribution in [1.82, 2.24) is 20.3 Å². The molecule has 0 fully saturated rings. The molecule has 0 amide bonds. The predicted octanol–water partition coefficient (Wildman–Crippen LogP) is 3.14. The Morgan fingerprint density at radius 2 is 2.05 bits per heavy atom. The molecule has 0 atom stereocenters. The topological polar surface area (TPSA) is 87.1 Å². The van der Waals surface area contributed by atoms with E-state index in [4.69, 9.17) is 13.8 Å². The van der Waals surface area contributed by atoms with Crippen molar-refractivity contribution in [2.24, 2.45) is 0 Å². The minimum absolute atomic E-state index is 0.329. The quantitative estimate of drug-likeness (QED) is 0.691. The van der Waals surface area contributed by atoms with Crippen LogP contribution in [0.2, 0.25) is 0 Å². The number of hydrogen-bond acceptors (Lipinski definition) is 7. The third kappa shape index (κ3) is 2.98. The number of hydrogen-bond donors (Lipinski definition) is 0. The molecule has 0 unspecified atom stereocenters. The molecule has 0 aliphatic carbocycles. The molecule has 0 spiro atoms. The van der Waals surface area contributed by atoms with Gasteiger partial charge in [0.25, 0.3) is 5.89 Å². The molecule has 3 aromatic heterocycles. The molecule has 3 heterocycles. The first kappa shape index (κ1) is 14.2. The van der Waals surface area contributed by atoms with Crippen molar-refractivity contribution >= 4 is 0 Å². The van der Waals surface area contributed by atoms with Crippen LogP contribution in [0.1, 0.15) is 26.0 Å². The van der Waals surface area contributed by atoms with Crippen LogP contribution in [0.15, 0.2) is 33.4 Å². The van der Waals surface area contributed by atoms with Gasteiger partial charge in [-0.3, -0.25) is 0 Å². The Morgan fingerprint density at radius 3 is 2.77 bits per heavy atom. The third-order valence-corrected chi connectivity index (χ3v) is 2.99. The van der Waals surface area contributed by atoms with Crippen molar-refractivity contribution in [3.05, 3.63) is 30.2 Å². The lowest BCUT2D eigenvalue weighted by Gasteiger charge is -2.00. The van der Waals surface area contributed by atoms with Gasteiger partial charge in [0.2, 0.25) is 11.7 Å². The second-order valence-corrected chi connectivity index (χ2v) is 4.67. The number of aryl methyl sites for hydroxylation is 1. The Bertz CT molecular complexity index is 733. The molecule has 22 heavy (non-hydrogen) atoms. The van der Waals surface area contributed by atoms with Gasteiger partial charge in [-0.1, -0.05) is 17.2 Å². The predicted molar refractivity (Wildman–Crippen MR) is 78.2 cm³/mol. The second kappa shape index (κ2) is 6.38. The van der Waals surface area contributed by atoms with Gasteiger partial charge < -0.3 is 13.8 Å². The average Bonchev–Trinajstić information content (AvgIpc) is 3.18. The fourth-order valence-electron chi connectivity index (χ4n) is 1.97. The maximum Gasteiger partial charge on any atom is 0.280 e. The van der Waals surface area contributed by atoms with Crippen LogP contribution in [0.5, 0.6) is 5.88 Å². The highest BCUT2D eigenvalue weighted by molar-refractivity contribution is 5.57. The number of rotatable bonds is 6. The molecule has 0 bridgehead atoms. The molecule has 3 aromatic rings. The fourth-order valence-corrected chi connectivity index (χ4v) is 1.97. The van der Waals surface area contributed by atoms with Gasteiger partial charge in [0.15, 0.2) is 5.69 Å². The van der Waals surface area contributed by atoms with Crippen molar-refractivity contribution in [2.75, 3.05) is 6.61 Å². The van der Waals surface area contributed by atoms with Crippen LogP contribution in [0.25, 0.3) is 23.0 Å². The molecule has 7 nitrogen and oxygen atoms in total. The number of nitrogens with zero attached hydrogens (tertiary/aromatic N) is 4. The Labute approximate surface area is 127 Å². The van der Waals surface area contributed by atoms with Gasteiger partial charge in [-0.15, -0.1) is 0 Å². The van der Waals surface area contributed by atoms with Crippen LogP contribution in [0, 0.1) is 0 Å². The lowest BCUT2D eigenvalue weighted by Crippen LogP contribution is -1.94. The van der Waals surface area contributed by atoms with Crippen LogP contribution in [-0.4, -0.2) is 26.9 Å². The van der Waals surface area contributed by atoms with E-state index in [-0.39, 0.29) is 0 Å². The summed E-state index contributed by atoms with van der Waals surface area (Å²) in [4.78, 5) is 8.50. The minimum Gasteiger partial charge on any atom is -0.478 e. The van der Waals surface area contributed by atoms with E-state index < -0.39 is 0 Å². The number of aromatic nitrogens is 4. The summed E-state index contributed by atoms with van der Waals surface area (Å²) in [5.74, 6) is 2.15. The average molecular weight is 300 g/mol. The zero-order chi connectivity index (χ0) is 15.4. The van der Waals surface area contributed by atoms with Crippen molar-refractivity contribution in [1.29, 1.82) is 0 Å². The van der Waals surface area contributed by atoms with E-state index in [1.54, 1.807) is 12.3 Å². The minimum atomic E-state index is 0.329. The highest BCUT2D eigenvalue weighted by atomic mass is 16.5. The fraction of sp³-hybridized carbons (Fsp3) is 0.333. The maximum absolute atomic E-state index is 5.30. The first-order valence-electron chi connectivity index (χ1n) is 7.19. The largest absolute Gasteiger partial charge is 0.478 e.